The number of fused-ring (bicyclic) bond motifs is 7. The third kappa shape index (κ3) is 4.19. The second kappa shape index (κ2) is 9.30. The summed E-state index contributed by atoms with van der Waals surface area (Å²) in [5, 5.41) is 6.01. The zero-order valence-corrected chi connectivity index (χ0v) is 20.9. The van der Waals surface area contributed by atoms with Crippen LogP contribution in [0.4, 0.5) is 5.69 Å². The topological polar surface area (TPSA) is 46.7 Å². The summed E-state index contributed by atoms with van der Waals surface area (Å²) in [6.07, 6.45) is 9.03. The van der Waals surface area contributed by atoms with E-state index in [-0.39, 0.29) is 5.41 Å². The molecular weight excluding hydrogens is 394 g/mol. The molecule has 1 aromatic carbocycles. The molecule has 5 nitrogen and oxygen atoms in total. The molecule has 2 aromatic rings. The molecule has 1 aromatic heterocycles. The highest BCUT2D eigenvalue weighted by Gasteiger charge is 2.36. The average molecular weight is 436 g/mol. The second-order valence-corrected chi connectivity index (χ2v) is 10.1. The van der Waals surface area contributed by atoms with Gasteiger partial charge in [0, 0.05) is 41.2 Å². The van der Waals surface area contributed by atoms with E-state index in [4.69, 9.17) is 0 Å². The van der Waals surface area contributed by atoms with Gasteiger partial charge in [-0.1, -0.05) is 41.0 Å². The van der Waals surface area contributed by atoms with Crippen LogP contribution in [0.25, 0.3) is 10.9 Å². The zero-order chi connectivity index (χ0) is 22.9. The molecule has 0 atom stereocenters. The number of anilines is 1. The number of rotatable bonds is 5. The number of nitrogens with one attached hydrogen (secondary N) is 2. The maximum atomic E-state index is 4.62. The Morgan fingerprint density at radius 3 is 2.78 bits per heavy atom. The Labute approximate surface area is 193 Å². The van der Waals surface area contributed by atoms with Crippen molar-refractivity contribution >= 4 is 22.3 Å². The van der Waals surface area contributed by atoms with Crippen molar-refractivity contribution in [1.82, 2.24) is 15.3 Å². The number of hydrogen-bond donors (Lipinski definition) is 2. The first-order chi connectivity index (χ1) is 15.5. The van der Waals surface area contributed by atoms with E-state index < -0.39 is 0 Å². The summed E-state index contributed by atoms with van der Waals surface area (Å²) in [6, 6.07) is 4.90. The van der Waals surface area contributed by atoms with E-state index in [1.54, 1.807) is 0 Å². The van der Waals surface area contributed by atoms with Gasteiger partial charge in [0.2, 0.25) is 0 Å². The maximum Gasteiger partial charge on any atom is 0.0885 e. The van der Waals surface area contributed by atoms with Gasteiger partial charge in [-0.05, 0) is 68.1 Å². The molecule has 3 heterocycles. The Morgan fingerprint density at radius 2 is 2.00 bits per heavy atom. The van der Waals surface area contributed by atoms with E-state index in [0.717, 1.165) is 44.7 Å². The summed E-state index contributed by atoms with van der Waals surface area (Å²) < 4.78 is 0. The molecule has 0 amide bonds. The lowest BCUT2D eigenvalue weighted by Crippen LogP contribution is -2.37. The average Bonchev–Trinajstić information content (AvgIpc) is 3.26. The van der Waals surface area contributed by atoms with Gasteiger partial charge in [-0.15, -0.1) is 0 Å². The third-order valence-corrected chi connectivity index (χ3v) is 7.06. The van der Waals surface area contributed by atoms with Gasteiger partial charge < -0.3 is 9.88 Å². The number of allylic oxidation sites excluding steroid dienone is 1. The van der Waals surface area contributed by atoms with Crippen molar-refractivity contribution in [3.05, 3.63) is 40.7 Å². The lowest BCUT2D eigenvalue weighted by molar-refractivity contribution is 0.322. The summed E-state index contributed by atoms with van der Waals surface area (Å²) in [5.74, 6) is 0. The molecular formula is C27H41N5. The minimum atomic E-state index is 0.161. The quantitative estimate of drug-likeness (QED) is 0.615. The maximum absolute atomic E-state index is 4.62. The van der Waals surface area contributed by atoms with E-state index in [2.05, 4.69) is 71.5 Å². The molecule has 2 bridgehead atoms. The van der Waals surface area contributed by atoms with Crippen molar-refractivity contribution in [2.24, 2.45) is 5.10 Å². The lowest BCUT2D eigenvalue weighted by Gasteiger charge is -2.28. The van der Waals surface area contributed by atoms with E-state index in [1.807, 2.05) is 13.8 Å². The molecule has 0 unspecified atom stereocenters. The van der Waals surface area contributed by atoms with Gasteiger partial charge in [-0.25, -0.2) is 0 Å². The summed E-state index contributed by atoms with van der Waals surface area (Å²) in [6.45, 7) is 14.3. The normalized spacial score (nSPS) is 18.7. The second-order valence-electron chi connectivity index (χ2n) is 10.1. The Morgan fingerprint density at radius 1 is 1.19 bits per heavy atom. The van der Waals surface area contributed by atoms with Crippen LogP contribution < -0.4 is 10.3 Å². The minimum Gasteiger partial charge on any atom is -0.357 e. The number of benzene rings is 1. The van der Waals surface area contributed by atoms with Gasteiger partial charge >= 0.3 is 0 Å². The standard InChI is InChI=1S/C25H35N5.C2H6/c1-5-6-10-29(4)16-30-15-25(2,3)20-13-21-19(12-23(20)30)18-9-7-8-17-11-22(24(18)27-21)28-26-14-17;1-2/h12-14,26-27H,5-11,15-16H2,1-4H3;1-2H3. The highest BCUT2D eigenvalue weighted by molar-refractivity contribution is 6.07. The summed E-state index contributed by atoms with van der Waals surface area (Å²) in [5.41, 5.74) is 12.8. The van der Waals surface area contributed by atoms with E-state index in [9.17, 15) is 0 Å². The lowest BCUT2D eigenvalue weighted by atomic mass is 9.86. The third-order valence-electron chi connectivity index (χ3n) is 7.06. The SMILES string of the molecule is CC.CCCCN(C)CN1CC(C)(C)c2cc3[nH]c4c(c3cc21)CCCC1=CNN=C4C1. The number of H-pyrrole nitrogens is 1. The predicted molar refractivity (Wildman–Crippen MR) is 138 cm³/mol. The first-order valence-electron chi connectivity index (χ1n) is 12.6. The molecule has 0 fully saturated rings. The van der Waals surface area contributed by atoms with Crippen LogP contribution in [0.5, 0.6) is 0 Å². The fourth-order valence-corrected chi connectivity index (χ4v) is 5.46. The number of aromatic amines is 1. The van der Waals surface area contributed by atoms with Crippen LogP contribution in [-0.4, -0.2) is 42.4 Å². The monoisotopic (exact) mass is 435 g/mol. The van der Waals surface area contributed by atoms with Crippen molar-refractivity contribution in [1.29, 1.82) is 0 Å². The molecule has 174 valence electrons. The summed E-state index contributed by atoms with van der Waals surface area (Å²) in [4.78, 5) is 8.82. The molecule has 2 N–H and O–H groups in total. The van der Waals surface area contributed by atoms with Crippen LogP contribution in [0.2, 0.25) is 0 Å². The predicted octanol–water partition coefficient (Wildman–Crippen LogP) is 5.90. The van der Waals surface area contributed by atoms with Crippen LogP contribution in [0.3, 0.4) is 0 Å². The Kier molecular flexibility index (Phi) is 6.66. The number of unbranched alkanes of at least 4 members (excludes halogenated alkanes) is 1. The number of hydrazone groups is 1. The zero-order valence-electron chi connectivity index (χ0n) is 20.9. The highest BCUT2D eigenvalue weighted by atomic mass is 15.3. The summed E-state index contributed by atoms with van der Waals surface area (Å²) >= 11 is 0. The van der Waals surface area contributed by atoms with E-state index >= 15 is 0 Å². The fourth-order valence-electron chi connectivity index (χ4n) is 5.46. The summed E-state index contributed by atoms with van der Waals surface area (Å²) in [7, 11) is 2.25. The fraction of sp³-hybridized carbons (Fsp3) is 0.593. The van der Waals surface area contributed by atoms with Gasteiger partial charge in [0.05, 0.1) is 18.1 Å². The van der Waals surface area contributed by atoms with Crippen molar-refractivity contribution in [2.45, 2.75) is 78.6 Å². The number of hydrogen-bond acceptors (Lipinski definition) is 4. The van der Waals surface area contributed by atoms with Crippen molar-refractivity contribution in [3.8, 4) is 0 Å². The molecule has 0 saturated carbocycles. The molecule has 0 spiro atoms. The number of aromatic nitrogens is 1. The van der Waals surface area contributed by atoms with E-state index in [0.29, 0.717) is 0 Å². The van der Waals surface area contributed by atoms with Gasteiger partial charge in [0.1, 0.15) is 0 Å². The molecule has 5 heteroatoms. The van der Waals surface area contributed by atoms with Crippen LogP contribution in [0.1, 0.15) is 83.5 Å². The molecule has 0 saturated heterocycles. The molecule has 5 rings (SSSR count). The molecule has 1 aliphatic carbocycles. The largest absolute Gasteiger partial charge is 0.357 e. The molecule has 0 radical (unpaired) electrons. The van der Waals surface area contributed by atoms with Crippen LogP contribution >= 0.6 is 0 Å². The van der Waals surface area contributed by atoms with Crippen molar-refractivity contribution in [3.63, 3.8) is 0 Å². The van der Waals surface area contributed by atoms with E-state index in [1.165, 1.54) is 58.2 Å². The smallest absolute Gasteiger partial charge is 0.0885 e. The van der Waals surface area contributed by atoms with Gasteiger partial charge in [-0.3, -0.25) is 10.3 Å². The molecule has 3 aliphatic rings. The van der Waals surface area contributed by atoms with Gasteiger partial charge in [0.15, 0.2) is 0 Å². The van der Waals surface area contributed by atoms with Gasteiger partial charge in [-0.2, -0.15) is 5.10 Å². The highest BCUT2D eigenvalue weighted by Crippen LogP contribution is 2.44. The Bertz CT molecular complexity index is 1030. The van der Waals surface area contributed by atoms with Crippen LogP contribution in [-0.2, 0) is 11.8 Å². The Balaban J connectivity index is 0.00000119. The van der Waals surface area contributed by atoms with Crippen molar-refractivity contribution < 1.29 is 0 Å². The van der Waals surface area contributed by atoms with Crippen LogP contribution in [0, 0.1) is 0 Å². The van der Waals surface area contributed by atoms with Gasteiger partial charge in [0.25, 0.3) is 0 Å². The number of aryl methyl sites for hydroxylation is 1. The van der Waals surface area contributed by atoms with Crippen molar-refractivity contribution in [2.75, 3.05) is 31.7 Å². The molecule has 2 aliphatic heterocycles. The Hall–Kier alpha value is -2.27. The minimum absolute atomic E-state index is 0.161. The number of nitrogens with zero attached hydrogens (tertiary/aromatic N) is 3. The molecule has 32 heavy (non-hydrogen) atoms. The van der Waals surface area contributed by atoms with Crippen LogP contribution in [0.15, 0.2) is 29.0 Å². The first kappa shape index (κ1) is 22.9. The first-order valence-corrected chi connectivity index (χ1v) is 12.6.